The Kier molecular flexibility index (Phi) is 5.30. The lowest BCUT2D eigenvalue weighted by Crippen LogP contribution is -2.26. The van der Waals surface area contributed by atoms with E-state index in [-0.39, 0.29) is 5.91 Å². The van der Waals surface area contributed by atoms with Crippen LogP contribution in [0.25, 0.3) is 0 Å². The molecule has 0 unspecified atom stereocenters. The van der Waals surface area contributed by atoms with E-state index in [0.717, 1.165) is 23.4 Å². The van der Waals surface area contributed by atoms with Crippen LogP contribution in [0.4, 0.5) is 11.1 Å². The summed E-state index contributed by atoms with van der Waals surface area (Å²) < 4.78 is 0. The molecule has 0 bridgehead atoms. The molecule has 0 saturated carbocycles. The topological polar surface area (TPSA) is 92.7 Å². The van der Waals surface area contributed by atoms with Crippen molar-refractivity contribution in [1.82, 2.24) is 25.3 Å². The number of anilines is 2. The summed E-state index contributed by atoms with van der Waals surface area (Å²) >= 11 is 1.34. The van der Waals surface area contributed by atoms with Crippen molar-refractivity contribution in [1.29, 1.82) is 0 Å². The fraction of sp³-hybridized carbons (Fsp3) is 0.235. The zero-order valence-electron chi connectivity index (χ0n) is 14.0. The summed E-state index contributed by atoms with van der Waals surface area (Å²) in [5.41, 5.74) is 3.26. The van der Waals surface area contributed by atoms with Crippen LogP contribution in [0.5, 0.6) is 0 Å². The highest BCUT2D eigenvalue weighted by Gasteiger charge is 2.11. The molecule has 7 nitrogen and oxygen atoms in total. The van der Waals surface area contributed by atoms with Crippen LogP contribution in [-0.2, 0) is 6.42 Å². The molecule has 1 amide bonds. The van der Waals surface area contributed by atoms with Crippen LogP contribution < -0.4 is 10.6 Å². The molecule has 0 aliphatic rings. The van der Waals surface area contributed by atoms with E-state index in [9.17, 15) is 4.79 Å². The molecule has 0 aliphatic carbocycles. The van der Waals surface area contributed by atoms with Gasteiger partial charge in [-0.25, -0.2) is 15.0 Å². The van der Waals surface area contributed by atoms with E-state index < -0.39 is 0 Å². The van der Waals surface area contributed by atoms with Crippen molar-refractivity contribution < 1.29 is 4.79 Å². The minimum Gasteiger partial charge on any atom is -0.350 e. The summed E-state index contributed by atoms with van der Waals surface area (Å²) in [6, 6.07) is 5.76. The molecule has 3 aromatic rings. The lowest BCUT2D eigenvalue weighted by molar-refractivity contribution is 0.0950. The Bertz CT molecular complexity index is 844. The highest BCUT2D eigenvalue weighted by molar-refractivity contribution is 7.14. The number of carbonyl (C=O) groups excluding carboxylic acids is 1. The summed E-state index contributed by atoms with van der Waals surface area (Å²) in [5, 5.41) is 8.21. The Morgan fingerprint density at radius 1 is 1.12 bits per heavy atom. The van der Waals surface area contributed by atoms with Gasteiger partial charge in [0.2, 0.25) is 5.95 Å². The van der Waals surface area contributed by atoms with E-state index in [1.807, 2.05) is 32.0 Å². The molecule has 0 radical (unpaired) electrons. The first-order valence-electron chi connectivity index (χ1n) is 7.82. The average Bonchev–Trinajstić information content (AvgIpc) is 3.03. The summed E-state index contributed by atoms with van der Waals surface area (Å²) in [4.78, 5) is 29.0. The molecule has 25 heavy (non-hydrogen) atoms. The Hall–Kier alpha value is -2.87. The normalized spacial score (nSPS) is 10.5. The van der Waals surface area contributed by atoms with Gasteiger partial charge in [-0.15, -0.1) is 11.3 Å². The lowest BCUT2D eigenvalue weighted by atomic mass is 10.2. The van der Waals surface area contributed by atoms with E-state index in [2.05, 4.69) is 30.6 Å². The van der Waals surface area contributed by atoms with Gasteiger partial charge in [-0.2, -0.15) is 0 Å². The van der Waals surface area contributed by atoms with Crippen LogP contribution in [-0.4, -0.2) is 32.4 Å². The molecule has 128 valence electrons. The number of carbonyl (C=O) groups is 1. The first kappa shape index (κ1) is 17.0. The maximum Gasteiger partial charge on any atom is 0.270 e. The molecule has 8 heteroatoms. The quantitative estimate of drug-likeness (QED) is 0.707. The zero-order valence-corrected chi connectivity index (χ0v) is 14.8. The molecule has 0 atom stereocenters. The Balaban J connectivity index is 1.56. The van der Waals surface area contributed by atoms with Gasteiger partial charge in [0.25, 0.3) is 5.91 Å². The number of rotatable bonds is 6. The second-order valence-electron chi connectivity index (χ2n) is 5.50. The number of aryl methyl sites for hydroxylation is 2. The summed E-state index contributed by atoms with van der Waals surface area (Å²) in [7, 11) is 0. The Morgan fingerprint density at radius 3 is 2.56 bits per heavy atom. The SMILES string of the molecule is Cc1cc(C)nc(Nc2nc(C(=O)NCCc3ccncc3)cs2)n1. The number of aromatic nitrogens is 4. The first-order valence-corrected chi connectivity index (χ1v) is 8.70. The van der Waals surface area contributed by atoms with E-state index in [4.69, 9.17) is 0 Å². The average molecular weight is 354 g/mol. The summed E-state index contributed by atoms with van der Waals surface area (Å²) in [6.45, 7) is 4.36. The fourth-order valence-electron chi connectivity index (χ4n) is 2.27. The standard InChI is InChI=1S/C17H18N6OS/c1-11-9-12(2)21-16(20-11)23-17-22-14(10-25-17)15(24)19-8-5-13-3-6-18-7-4-13/h3-4,6-7,9-10H,5,8H2,1-2H3,(H,19,24)(H,20,21,22,23). The number of nitrogens with one attached hydrogen (secondary N) is 2. The van der Waals surface area contributed by atoms with Crippen LogP contribution in [0.3, 0.4) is 0 Å². The maximum atomic E-state index is 12.2. The van der Waals surface area contributed by atoms with Gasteiger partial charge in [0, 0.05) is 35.7 Å². The predicted molar refractivity (Wildman–Crippen MR) is 97.2 cm³/mol. The lowest BCUT2D eigenvalue weighted by Gasteiger charge is -2.04. The Labute approximate surface area is 149 Å². The van der Waals surface area contributed by atoms with Crippen LogP contribution >= 0.6 is 11.3 Å². The number of nitrogens with zero attached hydrogens (tertiary/aromatic N) is 4. The molecular weight excluding hydrogens is 336 g/mol. The monoisotopic (exact) mass is 354 g/mol. The molecule has 2 N–H and O–H groups in total. The second kappa shape index (κ2) is 7.80. The number of hydrogen-bond donors (Lipinski definition) is 2. The molecule has 3 aromatic heterocycles. The van der Waals surface area contributed by atoms with Crippen molar-refractivity contribution in [3.05, 3.63) is 58.6 Å². The third-order valence-electron chi connectivity index (χ3n) is 3.39. The number of amides is 1. The van der Waals surface area contributed by atoms with Crippen LogP contribution in [0, 0.1) is 13.8 Å². The van der Waals surface area contributed by atoms with Crippen LogP contribution in [0.1, 0.15) is 27.4 Å². The molecule has 0 spiro atoms. The van der Waals surface area contributed by atoms with E-state index in [1.54, 1.807) is 17.8 Å². The summed E-state index contributed by atoms with van der Waals surface area (Å²) in [6.07, 6.45) is 4.23. The summed E-state index contributed by atoms with van der Waals surface area (Å²) in [5.74, 6) is 0.288. The smallest absolute Gasteiger partial charge is 0.270 e. The predicted octanol–water partition coefficient (Wildman–Crippen LogP) is 2.66. The molecule has 0 saturated heterocycles. The first-order chi connectivity index (χ1) is 12.1. The number of pyridine rings is 1. The molecule has 0 aromatic carbocycles. The highest BCUT2D eigenvalue weighted by atomic mass is 32.1. The van der Waals surface area contributed by atoms with E-state index in [0.29, 0.717) is 23.3 Å². The highest BCUT2D eigenvalue weighted by Crippen LogP contribution is 2.19. The van der Waals surface area contributed by atoms with Gasteiger partial charge in [-0.05, 0) is 44.0 Å². The van der Waals surface area contributed by atoms with Gasteiger partial charge < -0.3 is 10.6 Å². The molecular formula is C17H18N6OS. The van der Waals surface area contributed by atoms with Gasteiger partial charge in [0.1, 0.15) is 5.69 Å². The van der Waals surface area contributed by atoms with Crippen molar-refractivity contribution >= 4 is 28.3 Å². The third kappa shape index (κ3) is 4.80. The van der Waals surface area contributed by atoms with Gasteiger partial charge in [0.15, 0.2) is 5.13 Å². The third-order valence-corrected chi connectivity index (χ3v) is 4.14. The van der Waals surface area contributed by atoms with Crippen LogP contribution in [0.15, 0.2) is 36.0 Å². The van der Waals surface area contributed by atoms with E-state index in [1.165, 1.54) is 11.3 Å². The Morgan fingerprint density at radius 2 is 1.84 bits per heavy atom. The van der Waals surface area contributed by atoms with Gasteiger partial charge in [-0.1, -0.05) is 0 Å². The fourth-order valence-corrected chi connectivity index (χ4v) is 2.96. The minimum atomic E-state index is -0.195. The second-order valence-corrected chi connectivity index (χ2v) is 6.36. The molecule has 3 rings (SSSR count). The van der Waals surface area contributed by atoms with Gasteiger partial charge in [0.05, 0.1) is 0 Å². The van der Waals surface area contributed by atoms with Crippen molar-refractivity contribution in [2.24, 2.45) is 0 Å². The maximum absolute atomic E-state index is 12.2. The largest absolute Gasteiger partial charge is 0.350 e. The van der Waals surface area contributed by atoms with Gasteiger partial charge in [-0.3, -0.25) is 9.78 Å². The number of hydrogen-bond acceptors (Lipinski definition) is 7. The van der Waals surface area contributed by atoms with Crippen molar-refractivity contribution in [2.75, 3.05) is 11.9 Å². The van der Waals surface area contributed by atoms with Crippen LogP contribution in [0.2, 0.25) is 0 Å². The zero-order chi connectivity index (χ0) is 17.6. The minimum absolute atomic E-state index is 0.195. The van der Waals surface area contributed by atoms with E-state index >= 15 is 0 Å². The van der Waals surface area contributed by atoms with Crippen molar-refractivity contribution in [3.8, 4) is 0 Å². The molecule has 0 aliphatic heterocycles. The molecule has 0 fully saturated rings. The van der Waals surface area contributed by atoms with Crippen molar-refractivity contribution in [2.45, 2.75) is 20.3 Å². The van der Waals surface area contributed by atoms with Gasteiger partial charge >= 0.3 is 0 Å². The molecule has 3 heterocycles. The number of thiazole rings is 1. The van der Waals surface area contributed by atoms with Crippen molar-refractivity contribution in [3.63, 3.8) is 0 Å².